The molecule has 1 aromatic carbocycles. The van der Waals surface area contributed by atoms with Crippen molar-refractivity contribution >= 4 is 5.69 Å². The van der Waals surface area contributed by atoms with Gasteiger partial charge in [0.1, 0.15) is 5.75 Å². The zero-order valence-corrected chi connectivity index (χ0v) is 13.2. The fourth-order valence-electron chi connectivity index (χ4n) is 2.01. The molecule has 0 aliphatic rings. The highest BCUT2D eigenvalue weighted by Crippen LogP contribution is 2.30. The van der Waals surface area contributed by atoms with Crippen LogP contribution in [0, 0.1) is 0 Å². The van der Waals surface area contributed by atoms with Crippen LogP contribution in [0.5, 0.6) is 5.75 Å². The van der Waals surface area contributed by atoms with Crippen molar-refractivity contribution in [2.75, 3.05) is 32.1 Å². The summed E-state index contributed by atoms with van der Waals surface area (Å²) in [7, 11) is 3.85. The lowest BCUT2D eigenvalue weighted by Gasteiger charge is -2.24. The summed E-state index contributed by atoms with van der Waals surface area (Å²) in [6.45, 7) is 10.7. The first kappa shape index (κ1) is 15.8. The molecular formula is C16H28N2O. The number of benzene rings is 1. The van der Waals surface area contributed by atoms with Gasteiger partial charge in [-0.15, -0.1) is 0 Å². The molecule has 0 aliphatic carbocycles. The summed E-state index contributed by atoms with van der Waals surface area (Å²) in [5.74, 6) is 1.48. The topological polar surface area (TPSA) is 24.5 Å². The van der Waals surface area contributed by atoms with Crippen LogP contribution in [0.25, 0.3) is 0 Å². The smallest absolute Gasteiger partial charge is 0.142 e. The Bertz CT molecular complexity index is 388. The first-order chi connectivity index (χ1) is 8.95. The standard InChI is InChI=1S/C16H28N2O/c1-12(2)14-7-8-16(19-6)15(11-14)18(5)10-9-17-13(3)4/h7-8,11-13,17H,9-10H2,1-6H3. The highest BCUT2D eigenvalue weighted by Gasteiger charge is 2.10. The van der Waals surface area contributed by atoms with E-state index in [1.165, 1.54) is 11.3 Å². The SMILES string of the molecule is COc1ccc(C(C)C)cc1N(C)CCNC(C)C. The highest BCUT2D eigenvalue weighted by atomic mass is 16.5. The number of anilines is 1. The van der Waals surface area contributed by atoms with E-state index in [1.807, 2.05) is 0 Å². The van der Waals surface area contributed by atoms with Gasteiger partial charge in [-0.25, -0.2) is 0 Å². The van der Waals surface area contributed by atoms with Crippen LogP contribution in [0.15, 0.2) is 18.2 Å². The van der Waals surface area contributed by atoms with E-state index in [9.17, 15) is 0 Å². The van der Waals surface area contributed by atoms with Crippen LogP contribution >= 0.6 is 0 Å². The number of hydrogen-bond acceptors (Lipinski definition) is 3. The number of ether oxygens (including phenoxy) is 1. The van der Waals surface area contributed by atoms with Crippen LogP contribution in [-0.4, -0.2) is 33.3 Å². The van der Waals surface area contributed by atoms with Gasteiger partial charge in [-0.05, 0) is 23.6 Å². The summed E-state index contributed by atoms with van der Waals surface area (Å²) >= 11 is 0. The molecule has 0 saturated carbocycles. The molecule has 3 heteroatoms. The van der Waals surface area contributed by atoms with Gasteiger partial charge in [0, 0.05) is 26.2 Å². The quantitative estimate of drug-likeness (QED) is 0.818. The number of rotatable bonds is 7. The van der Waals surface area contributed by atoms with Crippen molar-refractivity contribution in [2.24, 2.45) is 0 Å². The molecule has 0 saturated heterocycles. The van der Waals surface area contributed by atoms with Crippen molar-refractivity contribution < 1.29 is 4.74 Å². The van der Waals surface area contributed by atoms with Crippen molar-refractivity contribution in [3.63, 3.8) is 0 Å². The Balaban J connectivity index is 2.80. The van der Waals surface area contributed by atoms with Crippen LogP contribution in [0.2, 0.25) is 0 Å². The highest BCUT2D eigenvalue weighted by molar-refractivity contribution is 5.60. The van der Waals surface area contributed by atoms with Gasteiger partial charge in [-0.2, -0.15) is 0 Å². The van der Waals surface area contributed by atoms with Gasteiger partial charge >= 0.3 is 0 Å². The summed E-state index contributed by atoms with van der Waals surface area (Å²) in [6.07, 6.45) is 0. The predicted molar refractivity (Wildman–Crippen MR) is 83.5 cm³/mol. The van der Waals surface area contributed by atoms with Crippen LogP contribution in [0.4, 0.5) is 5.69 Å². The molecule has 0 unspecified atom stereocenters. The van der Waals surface area contributed by atoms with Crippen LogP contribution in [-0.2, 0) is 0 Å². The Kier molecular flexibility index (Phi) is 6.16. The minimum atomic E-state index is 0.525. The van der Waals surface area contributed by atoms with E-state index in [4.69, 9.17) is 4.74 Å². The van der Waals surface area contributed by atoms with Gasteiger partial charge in [-0.1, -0.05) is 33.8 Å². The molecule has 0 spiro atoms. The van der Waals surface area contributed by atoms with Crippen molar-refractivity contribution in [3.8, 4) is 5.75 Å². The Morgan fingerprint density at radius 1 is 1.21 bits per heavy atom. The molecule has 0 fully saturated rings. The van der Waals surface area contributed by atoms with Crippen molar-refractivity contribution in [1.82, 2.24) is 5.32 Å². The van der Waals surface area contributed by atoms with E-state index in [0.717, 1.165) is 18.8 Å². The third-order valence-electron chi connectivity index (χ3n) is 3.28. The molecule has 0 heterocycles. The van der Waals surface area contributed by atoms with Gasteiger partial charge in [0.15, 0.2) is 0 Å². The van der Waals surface area contributed by atoms with E-state index in [-0.39, 0.29) is 0 Å². The van der Waals surface area contributed by atoms with Crippen molar-refractivity contribution in [1.29, 1.82) is 0 Å². The maximum Gasteiger partial charge on any atom is 0.142 e. The fraction of sp³-hybridized carbons (Fsp3) is 0.625. The summed E-state index contributed by atoms with van der Waals surface area (Å²) < 4.78 is 5.47. The maximum atomic E-state index is 5.47. The molecule has 1 aromatic rings. The molecule has 1 N–H and O–H groups in total. The Morgan fingerprint density at radius 2 is 1.89 bits per heavy atom. The minimum absolute atomic E-state index is 0.525. The molecule has 0 aromatic heterocycles. The molecule has 0 radical (unpaired) electrons. The number of nitrogens with one attached hydrogen (secondary N) is 1. The third-order valence-corrected chi connectivity index (χ3v) is 3.28. The molecule has 1 rings (SSSR count). The first-order valence-electron chi connectivity index (χ1n) is 7.08. The lowest BCUT2D eigenvalue weighted by Crippen LogP contribution is -2.33. The van der Waals surface area contributed by atoms with E-state index in [2.05, 4.69) is 63.2 Å². The number of likely N-dealkylation sites (N-methyl/N-ethyl adjacent to an activating group) is 1. The summed E-state index contributed by atoms with van der Waals surface area (Å²) in [4.78, 5) is 2.25. The number of methoxy groups -OCH3 is 1. The fourth-order valence-corrected chi connectivity index (χ4v) is 2.01. The van der Waals surface area contributed by atoms with E-state index < -0.39 is 0 Å². The Morgan fingerprint density at radius 3 is 2.42 bits per heavy atom. The summed E-state index contributed by atoms with van der Waals surface area (Å²) in [5.41, 5.74) is 2.51. The van der Waals surface area contributed by atoms with Crippen LogP contribution < -0.4 is 15.0 Å². The average molecular weight is 264 g/mol. The molecule has 108 valence electrons. The zero-order valence-electron chi connectivity index (χ0n) is 13.2. The molecule has 0 aliphatic heterocycles. The maximum absolute atomic E-state index is 5.47. The van der Waals surface area contributed by atoms with E-state index in [0.29, 0.717) is 12.0 Å². The minimum Gasteiger partial charge on any atom is -0.495 e. The number of nitrogens with zero attached hydrogens (tertiary/aromatic N) is 1. The zero-order chi connectivity index (χ0) is 14.4. The molecule has 0 atom stereocenters. The van der Waals surface area contributed by atoms with Crippen LogP contribution in [0.1, 0.15) is 39.2 Å². The molecule has 19 heavy (non-hydrogen) atoms. The van der Waals surface area contributed by atoms with E-state index in [1.54, 1.807) is 7.11 Å². The average Bonchev–Trinajstić information content (AvgIpc) is 2.37. The van der Waals surface area contributed by atoms with Crippen molar-refractivity contribution in [3.05, 3.63) is 23.8 Å². The second kappa shape index (κ2) is 7.39. The summed E-state index contributed by atoms with van der Waals surface area (Å²) in [5, 5.41) is 3.44. The predicted octanol–water partition coefficient (Wildman–Crippen LogP) is 3.25. The van der Waals surface area contributed by atoms with Gasteiger partial charge in [0.2, 0.25) is 0 Å². The Hall–Kier alpha value is -1.22. The van der Waals surface area contributed by atoms with Gasteiger partial charge in [-0.3, -0.25) is 0 Å². The second-order valence-corrected chi connectivity index (χ2v) is 5.62. The lowest BCUT2D eigenvalue weighted by molar-refractivity contribution is 0.414. The summed E-state index contributed by atoms with van der Waals surface area (Å²) in [6, 6.07) is 6.97. The van der Waals surface area contributed by atoms with Gasteiger partial charge in [0.05, 0.1) is 12.8 Å². The van der Waals surface area contributed by atoms with Gasteiger partial charge in [0.25, 0.3) is 0 Å². The van der Waals surface area contributed by atoms with Gasteiger partial charge < -0.3 is 15.0 Å². The first-order valence-corrected chi connectivity index (χ1v) is 7.08. The second-order valence-electron chi connectivity index (χ2n) is 5.62. The number of hydrogen-bond donors (Lipinski definition) is 1. The molecule has 0 bridgehead atoms. The molecule has 3 nitrogen and oxygen atoms in total. The van der Waals surface area contributed by atoms with Crippen LogP contribution in [0.3, 0.4) is 0 Å². The normalized spacial score (nSPS) is 11.2. The third kappa shape index (κ3) is 4.75. The largest absolute Gasteiger partial charge is 0.495 e. The van der Waals surface area contributed by atoms with Crippen molar-refractivity contribution in [2.45, 2.75) is 39.7 Å². The molecular weight excluding hydrogens is 236 g/mol. The monoisotopic (exact) mass is 264 g/mol. The Labute approximate surface area is 118 Å². The van der Waals surface area contributed by atoms with E-state index >= 15 is 0 Å². The molecule has 0 amide bonds. The lowest BCUT2D eigenvalue weighted by atomic mass is 10.0.